The lowest BCUT2D eigenvalue weighted by atomic mass is 9.95. The average molecular weight is 554 g/mol. The van der Waals surface area contributed by atoms with Gasteiger partial charge < -0.3 is 14.9 Å². The number of carboxylic acids is 1. The zero-order chi connectivity index (χ0) is 28.4. The molecule has 0 aromatic heterocycles. The Morgan fingerprint density at radius 2 is 1.57 bits per heavy atom. The number of carbonyl (C=O) groups excluding carboxylic acids is 5. The number of nitrogens with zero attached hydrogens (tertiary/aromatic N) is 4. The van der Waals surface area contributed by atoms with Crippen LogP contribution in [0.3, 0.4) is 0 Å². The van der Waals surface area contributed by atoms with Crippen LogP contribution in [0.5, 0.6) is 0 Å². The fraction of sp³-hybridized carbons (Fsp3) is 0.571. The molecular formula is C28H35N5O7. The third-order valence-corrected chi connectivity index (χ3v) is 8.43. The van der Waals surface area contributed by atoms with Crippen LogP contribution in [0, 0.1) is 5.92 Å². The van der Waals surface area contributed by atoms with E-state index in [2.05, 4.69) is 15.1 Å². The number of carboxylic acid groups (broad SMARTS) is 1. The fourth-order valence-electron chi connectivity index (χ4n) is 6.12. The van der Waals surface area contributed by atoms with E-state index in [1.54, 1.807) is 12.1 Å². The third-order valence-electron chi connectivity index (χ3n) is 8.43. The van der Waals surface area contributed by atoms with Gasteiger partial charge in [-0.2, -0.15) is 0 Å². The van der Waals surface area contributed by atoms with Crippen LogP contribution in [-0.4, -0.2) is 107 Å². The van der Waals surface area contributed by atoms with Crippen molar-refractivity contribution in [3.05, 3.63) is 29.3 Å². The number of piperazine rings is 1. The lowest BCUT2D eigenvalue weighted by molar-refractivity contribution is -0.138. The molecule has 2 N–H and O–H groups in total. The Hall–Kier alpha value is -3.80. The standard InChI is InChI=1S/C28H35N5O7/c34-23-7-6-22(26(38)29-23)33-27(39)20-5-4-19(16-21(20)28(33)40)31-14-12-30(13-15-31)17-18-8-10-32(11-9-18)24(35)2-1-3-25(36)37/h4-5,16,18,22H,1-3,6-15,17H2,(H,36,37)(H,29,34,38). The van der Waals surface area contributed by atoms with E-state index in [1.165, 1.54) is 0 Å². The van der Waals surface area contributed by atoms with Gasteiger partial charge >= 0.3 is 5.97 Å². The quantitative estimate of drug-likeness (QED) is 0.444. The number of benzene rings is 1. The highest BCUT2D eigenvalue weighted by Gasteiger charge is 2.44. The molecule has 40 heavy (non-hydrogen) atoms. The van der Waals surface area contributed by atoms with E-state index in [4.69, 9.17) is 5.11 Å². The van der Waals surface area contributed by atoms with Crippen molar-refractivity contribution in [2.45, 2.75) is 51.0 Å². The van der Waals surface area contributed by atoms with Crippen LogP contribution < -0.4 is 10.2 Å². The minimum Gasteiger partial charge on any atom is -0.481 e. The first-order valence-corrected chi connectivity index (χ1v) is 14.0. The minimum atomic E-state index is -0.973. The number of hydrogen-bond acceptors (Lipinski definition) is 8. The predicted molar refractivity (Wildman–Crippen MR) is 143 cm³/mol. The summed E-state index contributed by atoms with van der Waals surface area (Å²) < 4.78 is 0. The van der Waals surface area contributed by atoms with Crippen molar-refractivity contribution in [3.63, 3.8) is 0 Å². The van der Waals surface area contributed by atoms with E-state index >= 15 is 0 Å². The van der Waals surface area contributed by atoms with Crippen LogP contribution in [0.1, 0.15) is 65.7 Å². The zero-order valence-corrected chi connectivity index (χ0v) is 22.5. The first-order chi connectivity index (χ1) is 19.2. The Balaban J connectivity index is 1.10. The molecule has 0 bridgehead atoms. The van der Waals surface area contributed by atoms with Crippen molar-refractivity contribution < 1.29 is 33.9 Å². The molecule has 1 atom stereocenters. The van der Waals surface area contributed by atoms with Crippen LogP contribution in [0.2, 0.25) is 0 Å². The molecule has 1 unspecified atom stereocenters. The molecule has 4 heterocycles. The van der Waals surface area contributed by atoms with Gasteiger partial charge in [-0.15, -0.1) is 0 Å². The number of carbonyl (C=O) groups is 6. The molecule has 214 valence electrons. The number of hydrogen-bond donors (Lipinski definition) is 2. The van der Waals surface area contributed by atoms with E-state index < -0.39 is 35.6 Å². The summed E-state index contributed by atoms with van der Waals surface area (Å²) >= 11 is 0. The molecule has 5 rings (SSSR count). The van der Waals surface area contributed by atoms with Crippen molar-refractivity contribution >= 4 is 41.2 Å². The Labute approximate surface area is 232 Å². The summed E-state index contributed by atoms with van der Waals surface area (Å²) in [6.07, 6.45) is 2.79. The largest absolute Gasteiger partial charge is 0.481 e. The second-order valence-electron chi connectivity index (χ2n) is 11.0. The van der Waals surface area contributed by atoms with Gasteiger partial charge in [-0.3, -0.25) is 43.9 Å². The molecule has 1 aromatic carbocycles. The molecule has 3 saturated heterocycles. The van der Waals surface area contributed by atoms with Crippen molar-refractivity contribution in [1.82, 2.24) is 20.0 Å². The molecule has 4 aliphatic heterocycles. The summed E-state index contributed by atoms with van der Waals surface area (Å²) in [7, 11) is 0. The van der Waals surface area contributed by atoms with Gasteiger partial charge in [0.1, 0.15) is 6.04 Å². The van der Waals surface area contributed by atoms with Gasteiger partial charge in [0, 0.05) is 70.8 Å². The van der Waals surface area contributed by atoms with E-state index in [0.717, 1.165) is 56.2 Å². The summed E-state index contributed by atoms with van der Waals surface area (Å²) in [5, 5.41) is 11.0. The molecule has 0 saturated carbocycles. The van der Waals surface area contributed by atoms with Gasteiger partial charge in [0.05, 0.1) is 11.1 Å². The molecule has 0 aliphatic carbocycles. The van der Waals surface area contributed by atoms with Crippen LogP contribution in [-0.2, 0) is 19.2 Å². The Morgan fingerprint density at radius 1 is 0.875 bits per heavy atom. The predicted octanol–water partition coefficient (Wildman–Crippen LogP) is 0.703. The Morgan fingerprint density at radius 3 is 2.25 bits per heavy atom. The summed E-state index contributed by atoms with van der Waals surface area (Å²) in [4.78, 5) is 80.4. The van der Waals surface area contributed by atoms with Gasteiger partial charge in [0.2, 0.25) is 17.7 Å². The normalized spacial score (nSPS) is 22.5. The average Bonchev–Trinajstić information content (AvgIpc) is 3.18. The Kier molecular flexibility index (Phi) is 8.15. The number of nitrogens with one attached hydrogen (secondary N) is 1. The summed E-state index contributed by atoms with van der Waals surface area (Å²) in [5.41, 5.74) is 1.43. The van der Waals surface area contributed by atoms with Crippen molar-refractivity contribution in [2.75, 3.05) is 50.7 Å². The molecule has 3 fully saturated rings. The molecule has 5 amide bonds. The maximum absolute atomic E-state index is 13.2. The number of fused-ring (bicyclic) bond motifs is 1. The molecule has 12 heteroatoms. The molecule has 0 spiro atoms. The highest BCUT2D eigenvalue weighted by Crippen LogP contribution is 2.31. The van der Waals surface area contributed by atoms with Crippen LogP contribution in [0.15, 0.2) is 18.2 Å². The monoisotopic (exact) mass is 553 g/mol. The number of anilines is 1. The number of imide groups is 2. The highest BCUT2D eigenvalue weighted by atomic mass is 16.4. The van der Waals surface area contributed by atoms with Crippen LogP contribution in [0.25, 0.3) is 0 Å². The zero-order valence-electron chi connectivity index (χ0n) is 22.5. The van der Waals surface area contributed by atoms with E-state index in [9.17, 15) is 28.8 Å². The van der Waals surface area contributed by atoms with E-state index in [1.807, 2.05) is 11.0 Å². The summed E-state index contributed by atoms with van der Waals surface area (Å²) in [5.74, 6) is -2.33. The molecule has 12 nitrogen and oxygen atoms in total. The SMILES string of the molecule is O=C(O)CCCC(=O)N1CCC(CN2CCN(c3ccc4c(c3)C(=O)N(C3CCC(=O)NC3=O)C4=O)CC2)CC1. The number of piperidine rings is 2. The van der Waals surface area contributed by atoms with E-state index in [0.29, 0.717) is 31.0 Å². The first kappa shape index (κ1) is 27.8. The van der Waals surface area contributed by atoms with Gasteiger partial charge in [-0.05, 0) is 49.8 Å². The van der Waals surface area contributed by atoms with Crippen molar-refractivity contribution in [3.8, 4) is 0 Å². The highest BCUT2D eigenvalue weighted by molar-refractivity contribution is 6.23. The second-order valence-corrected chi connectivity index (χ2v) is 11.0. The Bertz CT molecular complexity index is 1220. The number of aliphatic carboxylic acids is 1. The number of likely N-dealkylation sites (tertiary alicyclic amines) is 1. The fourth-order valence-corrected chi connectivity index (χ4v) is 6.12. The first-order valence-electron chi connectivity index (χ1n) is 14.0. The lowest BCUT2D eigenvalue weighted by Crippen LogP contribution is -2.54. The topological polar surface area (TPSA) is 148 Å². The van der Waals surface area contributed by atoms with Crippen molar-refractivity contribution in [2.24, 2.45) is 5.92 Å². The maximum atomic E-state index is 13.2. The minimum absolute atomic E-state index is 0.0227. The van der Waals surface area contributed by atoms with Gasteiger partial charge in [-0.1, -0.05) is 0 Å². The molecule has 4 aliphatic rings. The molecule has 1 aromatic rings. The summed E-state index contributed by atoms with van der Waals surface area (Å²) in [6.45, 7) is 5.67. The lowest BCUT2D eigenvalue weighted by Gasteiger charge is -2.39. The maximum Gasteiger partial charge on any atom is 0.303 e. The summed E-state index contributed by atoms with van der Waals surface area (Å²) in [6, 6.07) is 4.26. The van der Waals surface area contributed by atoms with Gasteiger partial charge in [0.15, 0.2) is 0 Å². The van der Waals surface area contributed by atoms with Crippen LogP contribution >= 0.6 is 0 Å². The van der Waals surface area contributed by atoms with Crippen LogP contribution in [0.4, 0.5) is 5.69 Å². The van der Waals surface area contributed by atoms with Crippen molar-refractivity contribution in [1.29, 1.82) is 0 Å². The van der Waals surface area contributed by atoms with Gasteiger partial charge in [0.25, 0.3) is 11.8 Å². The third kappa shape index (κ3) is 5.86. The second kappa shape index (κ2) is 11.7. The number of rotatable bonds is 8. The van der Waals surface area contributed by atoms with E-state index in [-0.39, 0.29) is 37.2 Å². The molecule has 0 radical (unpaired) electrons. The smallest absolute Gasteiger partial charge is 0.303 e. The van der Waals surface area contributed by atoms with Gasteiger partial charge in [-0.25, -0.2) is 0 Å². The molecular weight excluding hydrogens is 518 g/mol. The number of amides is 5.